The summed E-state index contributed by atoms with van der Waals surface area (Å²) in [6.07, 6.45) is 0.810. The molecule has 0 bridgehead atoms. The zero-order chi connectivity index (χ0) is 12.3. The molecular formula is C13H27CoNO2. The van der Waals surface area contributed by atoms with Crippen molar-refractivity contribution < 1.29 is 31.5 Å². The molecule has 0 aromatic heterocycles. The van der Waals surface area contributed by atoms with Crippen LogP contribution in [0.4, 0.5) is 0 Å². The van der Waals surface area contributed by atoms with Crippen LogP contribution < -0.4 is 4.90 Å². The molecule has 0 saturated carbocycles. The first kappa shape index (κ1) is 17.4. The Balaban J connectivity index is 0.00000256. The fraction of sp³-hybridized carbons (Fsp3) is 0.923. The van der Waals surface area contributed by atoms with Crippen LogP contribution >= 0.6 is 0 Å². The Morgan fingerprint density at radius 1 is 1.47 bits per heavy atom. The predicted molar refractivity (Wildman–Crippen MR) is 65.3 cm³/mol. The molecule has 1 rings (SSSR count). The summed E-state index contributed by atoms with van der Waals surface area (Å²) in [4.78, 5) is 1.38. The predicted octanol–water partition coefficient (Wildman–Crippen LogP) is 0.286. The molecule has 0 amide bonds. The summed E-state index contributed by atoms with van der Waals surface area (Å²) >= 11 is 0. The third kappa shape index (κ3) is 4.21. The first-order valence-electron chi connectivity index (χ1n) is 6.48. The molecule has 5 unspecified atom stereocenters. The van der Waals surface area contributed by atoms with Gasteiger partial charge in [-0.3, -0.25) is 6.92 Å². The molecule has 5 atom stereocenters. The minimum Gasteiger partial charge on any atom is -0.384 e. The molecule has 1 saturated heterocycles. The summed E-state index contributed by atoms with van der Waals surface area (Å²) in [6.45, 7) is 14.3. The molecule has 0 spiro atoms. The van der Waals surface area contributed by atoms with Gasteiger partial charge >= 0.3 is 0 Å². The second kappa shape index (κ2) is 7.74. The largest absolute Gasteiger partial charge is 0.384 e. The minimum atomic E-state index is -0.355. The van der Waals surface area contributed by atoms with Crippen molar-refractivity contribution in [2.45, 2.75) is 58.5 Å². The van der Waals surface area contributed by atoms with Crippen molar-refractivity contribution in [3.8, 4) is 0 Å². The first-order valence-corrected chi connectivity index (χ1v) is 6.48. The van der Waals surface area contributed by atoms with Crippen LogP contribution in [0.15, 0.2) is 0 Å². The molecule has 105 valence electrons. The van der Waals surface area contributed by atoms with Gasteiger partial charge in [0.2, 0.25) is 0 Å². The molecule has 0 aromatic rings. The molecule has 0 aliphatic carbocycles. The fourth-order valence-electron chi connectivity index (χ4n) is 2.59. The van der Waals surface area contributed by atoms with Crippen LogP contribution in [0.3, 0.4) is 0 Å². The Labute approximate surface area is 116 Å². The van der Waals surface area contributed by atoms with Gasteiger partial charge in [-0.25, -0.2) is 0 Å². The van der Waals surface area contributed by atoms with E-state index in [-0.39, 0.29) is 41.1 Å². The number of hydrogen-bond acceptors (Lipinski definition) is 2. The van der Waals surface area contributed by atoms with E-state index in [0.29, 0.717) is 5.92 Å². The SMILES string of the molecule is [CH2-]C[NH+](CC)C1CC(C(C)C)OC(C)C1O.[Co]. The van der Waals surface area contributed by atoms with Crippen LogP contribution in [-0.4, -0.2) is 42.5 Å². The molecule has 0 aromatic carbocycles. The Kier molecular flexibility index (Phi) is 7.92. The summed E-state index contributed by atoms with van der Waals surface area (Å²) in [6, 6.07) is 0.277. The van der Waals surface area contributed by atoms with E-state index in [9.17, 15) is 5.11 Å². The smallest absolute Gasteiger partial charge is 0.131 e. The van der Waals surface area contributed by atoms with Gasteiger partial charge in [-0.15, -0.1) is 0 Å². The fourth-order valence-corrected chi connectivity index (χ4v) is 2.59. The van der Waals surface area contributed by atoms with Gasteiger partial charge in [0.25, 0.3) is 0 Å². The van der Waals surface area contributed by atoms with Crippen LogP contribution in [0.1, 0.15) is 34.1 Å². The van der Waals surface area contributed by atoms with Crippen LogP contribution in [0, 0.1) is 12.8 Å². The van der Waals surface area contributed by atoms with Gasteiger partial charge < -0.3 is 14.7 Å². The van der Waals surface area contributed by atoms with Crippen molar-refractivity contribution in [1.29, 1.82) is 0 Å². The minimum absolute atomic E-state index is 0. The summed E-state index contributed by atoms with van der Waals surface area (Å²) < 4.78 is 5.85. The average molecular weight is 288 g/mol. The van der Waals surface area contributed by atoms with Crippen molar-refractivity contribution in [3.63, 3.8) is 0 Å². The zero-order valence-electron chi connectivity index (χ0n) is 11.4. The Hall–Kier alpha value is 0.386. The van der Waals surface area contributed by atoms with E-state index in [2.05, 4.69) is 27.7 Å². The van der Waals surface area contributed by atoms with Crippen molar-refractivity contribution in [3.05, 3.63) is 6.92 Å². The average Bonchev–Trinajstić information content (AvgIpc) is 2.25. The molecular weight excluding hydrogens is 261 g/mol. The van der Waals surface area contributed by atoms with Crippen LogP contribution in [0.25, 0.3) is 0 Å². The summed E-state index contributed by atoms with van der Waals surface area (Å²) in [5.74, 6) is 0.514. The number of ether oxygens (including phenoxy) is 1. The maximum Gasteiger partial charge on any atom is 0.131 e. The summed E-state index contributed by atoms with van der Waals surface area (Å²) in [7, 11) is 0. The molecule has 2 N–H and O–H groups in total. The number of quaternary nitrogens is 1. The van der Waals surface area contributed by atoms with Crippen molar-refractivity contribution in [1.82, 2.24) is 0 Å². The van der Waals surface area contributed by atoms with Gasteiger partial charge in [-0.1, -0.05) is 13.8 Å². The monoisotopic (exact) mass is 288 g/mol. The van der Waals surface area contributed by atoms with Gasteiger partial charge in [-0.2, -0.15) is 0 Å². The van der Waals surface area contributed by atoms with Gasteiger partial charge in [0, 0.05) is 23.2 Å². The molecule has 4 heteroatoms. The van der Waals surface area contributed by atoms with Crippen LogP contribution in [-0.2, 0) is 21.5 Å². The van der Waals surface area contributed by atoms with Crippen molar-refractivity contribution in [2.24, 2.45) is 5.92 Å². The number of aliphatic hydroxyl groups excluding tert-OH is 1. The normalized spacial score (nSPS) is 35.5. The molecule has 17 heavy (non-hydrogen) atoms. The quantitative estimate of drug-likeness (QED) is 0.729. The third-order valence-corrected chi connectivity index (χ3v) is 3.81. The van der Waals surface area contributed by atoms with E-state index in [4.69, 9.17) is 4.74 Å². The van der Waals surface area contributed by atoms with E-state index in [1.807, 2.05) is 6.92 Å². The van der Waals surface area contributed by atoms with Crippen LogP contribution in [0.2, 0.25) is 0 Å². The molecule has 1 heterocycles. The number of rotatable bonds is 4. The van der Waals surface area contributed by atoms with Gasteiger partial charge in [0.15, 0.2) is 0 Å². The maximum atomic E-state index is 10.2. The number of nitrogens with one attached hydrogen (secondary N) is 1. The van der Waals surface area contributed by atoms with E-state index in [1.54, 1.807) is 0 Å². The Bertz CT molecular complexity index is 208. The van der Waals surface area contributed by atoms with Gasteiger partial charge in [-0.05, 0) is 26.3 Å². The van der Waals surface area contributed by atoms with Gasteiger partial charge in [0.05, 0.1) is 18.8 Å². The summed E-state index contributed by atoms with van der Waals surface area (Å²) in [5, 5.41) is 10.2. The molecule has 1 aliphatic rings. The topological polar surface area (TPSA) is 33.9 Å². The second-order valence-corrected chi connectivity index (χ2v) is 5.22. The standard InChI is InChI=1S/C13H26NO2.Co/c1-6-14(7-2)11-8-12(9(3)4)16-10(5)13(11)15;/h9-13,15H,1,6-8H2,2-5H3;/q-1;/p+1. The molecule has 1 fully saturated rings. The van der Waals surface area contributed by atoms with E-state index in [0.717, 1.165) is 19.5 Å². The molecule has 3 nitrogen and oxygen atoms in total. The molecule has 1 radical (unpaired) electrons. The van der Waals surface area contributed by atoms with Crippen molar-refractivity contribution >= 4 is 0 Å². The maximum absolute atomic E-state index is 10.2. The van der Waals surface area contributed by atoms with E-state index < -0.39 is 0 Å². The van der Waals surface area contributed by atoms with Crippen LogP contribution in [0.5, 0.6) is 0 Å². The number of aliphatic hydroxyl groups is 1. The second-order valence-electron chi connectivity index (χ2n) is 5.22. The van der Waals surface area contributed by atoms with E-state index >= 15 is 0 Å². The molecule has 1 aliphatic heterocycles. The summed E-state index contributed by atoms with van der Waals surface area (Å²) in [5.41, 5.74) is 0. The van der Waals surface area contributed by atoms with Crippen molar-refractivity contribution in [2.75, 3.05) is 13.1 Å². The van der Waals surface area contributed by atoms with Gasteiger partial charge in [0.1, 0.15) is 12.1 Å². The first-order chi connectivity index (χ1) is 7.51. The van der Waals surface area contributed by atoms with E-state index in [1.165, 1.54) is 4.90 Å². The Morgan fingerprint density at radius 3 is 2.47 bits per heavy atom. The third-order valence-electron chi connectivity index (χ3n) is 3.81. The number of likely N-dealkylation sites (N-methyl/N-ethyl adjacent to an activating group) is 1. The number of hydrogen-bond donors (Lipinski definition) is 2. The Morgan fingerprint density at radius 2 is 2.06 bits per heavy atom. The zero-order valence-corrected chi connectivity index (χ0v) is 12.4.